The van der Waals surface area contributed by atoms with Crippen molar-refractivity contribution in [2.45, 2.75) is 32.1 Å². The maximum Gasteiger partial charge on any atom is 0.258 e. The van der Waals surface area contributed by atoms with Crippen molar-refractivity contribution in [1.29, 1.82) is 0 Å². The zero-order valence-corrected chi connectivity index (χ0v) is 12.8. The van der Waals surface area contributed by atoms with Crippen LogP contribution in [0.25, 0.3) is 5.70 Å². The Hall–Kier alpha value is -1.22. The molecule has 1 aliphatic heterocycles. The number of hydrogen-bond donors (Lipinski definition) is 0. The van der Waals surface area contributed by atoms with E-state index in [9.17, 15) is 4.79 Å². The van der Waals surface area contributed by atoms with Crippen molar-refractivity contribution in [2.24, 2.45) is 0 Å². The highest BCUT2D eigenvalue weighted by molar-refractivity contribution is 7.98. The quantitative estimate of drug-likeness (QED) is 0.757. The van der Waals surface area contributed by atoms with Crippen LogP contribution in [0.15, 0.2) is 29.8 Å². The minimum atomic E-state index is 0.208. The fraction of sp³-hybridized carbons (Fsp3) is 0.471. The monoisotopic (exact) mass is 287 g/mol. The average Bonchev–Trinajstić information content (AvgIpc) is 2.68. The number of amides is 1. The Bertz CT molecular complexity index is 544. The molecule has 0 unspecified atom stereocenters. The molecule has 0 atom stereocenters. The van der Waals surface area contributed by atoms with E-state index >= 15 is 0 Å². The zero-order valence-electron chi connectivity index (χ0n) is 12.0. The number of benzene rings is 1. The van der Waals surface area contributed by atoms with Gasteiger partial charge in [0.05, 0.1) is 5.70 Å². The molecule has 2 nitrogen and oxygen atoms in total. The summed E-state index contributed by atoms with van der Waals surface area (Å²) in [6.45, 7) is 0.868. The van der Waals surface area contributed by atoms with Gasteiger partial charge in [0.25, 0.3) is 5.91 Å². The summed E-state index contributed by atoms with van der Waals surface area (Å²) in [6, 6.07) is 8.09. The van der Waals surface area contributed by atoms with Crippen LogP contribution in [0.1, 0.15) is 48.0 Å². The van der Waals surface area contributed by atoms with Crippen LogP contribution >= 0.6 is 11.8 Å². The number of carbonyl (C=O) groups excluding carboxylic acids is 1. The summed E-state index contributed by atoms with van der Waals surface area (Å²) >= 11 is 1.88. The standard InChI is InChI=1S/C17H21NOS/c1-20-12-5-4-11-18-16(13-7-6-8-13)14-9-2-3-10-15(14)17(18)19/h2-3,9-10H,4-8,11-12H2,1H3. The van der Waals surface area contributed by atoms with Crippen molar-refractivity contribution in [3.63, 3.8) is 0 Å². The first kappa shape index (κ1) is 13.7. The van der Waals surface area contributed by atoms with E-state index in [0.29, 0.717) is 0 Å². The van der Waals surface area contributed by atoms with Gasteiger partial charge < -0.3 is 4.90 Å². The summed E-state index contributed by atoms with van der Waals surface area (Å²) in [7, 11) is 0. The van der Waals surface area contributed by atoms with E-state index in [0.717, 1.165) is 36.9 Å². The van der Waals surface area contributed by atoms with Crippen LogP contribution < -0.4 is 0 Å². The Kier molecular flexibility index (Phi) is 4.16. The van der Waals surface area contributed by atoms with Crippen LogP contribution in [0, 0.1) is 0 Å². The smallest absolute Gasteiger partial charge is 0.258 e. The number of fused-ring (bicyclic) bond motifs is 1. The summed E-state index contributed by atoms with van der Waals surface area (Å²) in [5.74, 6) is 1.39. The van der Waals surface area contributed by atoms with Gasteiger partial charge in [-0.05, 0) is 55.8 Å². The molecule has 0 bridgehead atoms. The zero-order chi connectivity index (χ0) is 13.9. The van der Waals surface area contributed by atoms with Crippen molar-refractivity contribution in [1.82, 2.24) is 4.90 Å². The second kappa shape index (κ2) is 6.04. The normalized spacial score (nSPS) is 17.4. The van der Waals surface area contributed by atoms with Crippen molar-refractivity contribution in [3.8, 4) is 0 Å². The summed E-state index contributed by atoms with van der Waals surface area (Å²) in [4.78, 5) is 14.6. The van der Waals surface area contributed by atoms with E-state index in [1.807, 2.05) is 34.9 Å². The van der Waals surface area contributed by atoms with E-state index in [1.54, 1.807) is 0 Å². The summed E-state index contributed by atoms with van der Waals surface area (Å²) < 4.78 is 0. The molecule has 1 aromatic rings. The number of carbonyl (C=O) groups is 1. The van der Waals surface area contributed by atoms with Crippen molar-refractivity contribution in [2.75, 3.05) is 18.6 Å². The molecule has 3 heteroatoms. The van der Waals surface area contributed by atoms with Gasteiger partial charge in [-0.25, -0.2) is 0 Å². The number of rotatable bonds is 5. The Labute approximate surface area is 125 Å². The van der Waals surface area contributed by atoms with Crippen LogP contribution in [0.3, 0.4) is 0 Å². The van der Waals surface area contributed by atoms with Crippen LogP contribution in [0.4, 0.5) is 0 Å². The summed E-state index contributed by atoms with van der Waals surface area (Å²) in [6.07, 6.45) is 8.02. The predicted molar refractivity (Wildman–Crippen MR) is 85.9 cm³/mol. The number of hydrogen-bond acceptors (Lipinski definition) is 2. The lowest BCUT2D eigenvalue weighted by Gasteiger charge is -2.26. The highest BCUT2D eigenvalue weighted by Crippen LogP contribution is 2.41. The van der Waals surface area contributed by atoms with E-state index in [4.69, 9.17) is 0 Å². The van der Waals surface area contributed by atoms with Gasteiger partial charge in [0.15, 0.2) is 0 Å². The Balaban J connectivity index is 1.84. The molecule has 0 N–H and O–H groups in total. The Morgan fingerprint density at radius 1 is 1.15 bits per heavy atom. The van der Waals surface area contributed by atoms with Gasteiger partial charge in [0.1, 0.15) is 0 Å². The molecule has 0 aromatic heterocycles. The Morgan fingerprint density at radius 3 is 2.55 bits per heavy atom. The largest absolute Gasteiger partial charge is 0.308 e. The molecule has 20 heavy (non-hydrogen) atoms. The molecule has 106 valence electrons. The van der Waals surface area contributed by atoms with E-state index in [-0.39, 0.29) is 5.91 Å². The predicted octanol–water partition coefficient (Wildman–Crippen LogP) is 4.18. The SMILES string of the molecule is CSCCCCN1C(=O)c2ccccc2C1=C1CCC1. The molecule has 1 aromatic carbocycles. The molecule has 1 aliphatic carbocycles. The number of nitrogens with zero attached hydrogens (tertiary/aromatic N) is 1. The van der Waals surface area contributed by atoms with Crippen LogP contribution in [0.2, 0.25) is 0 Å². The number of unbranched alkanes of at least 4 members (excludes halogenated alkanes) is 1. The molecule has 1 saturated carbocycles. The molecular weight excluding hydrogens is 266 g/mol. The molecular formula is C17H21NOS. The second-order valence-electron chi connectivity index (χ2n) is 5.51. The average molecular weight is 287 g/mol. The number of allylic oxidation sites excluding steroid dienone is 1. The molecule has 3 rings (SSSR count). The fourth-order valence-corrected chi connectivity index (χ4v) is 3.46. The third-order valence-electron chi connectivity index (χ3n) is 4.20. The molecule has 1 fully saturated rings. The molecule has 0 radical (unpaired) electrons. The first-order valence-corrected chi connectivity index (χ1v) is 8.84. The third kappa shape index (κ3) is 2.39. The highest BCUT2D eigenvalue weighted by Gasteiger charge is 2.34. The van der Waals surface area contributed by atoms with Crippen LogP contribution in [-0.2, 0) is 0 Å². The first-order chi connectivity index (χ1) is 9.83. The van der Waals surface area contributed by atoms with Gasteiger partial charge in [-0.15, -0.1) is 0 Å². The van der Waals surface area contributed by atoms with Crippen molar-refractivity contribution < 1.29 is 4.79 Å². The maximum absolute atomic E-state index is 12.6. The van der Waals surface area contributed by atoms with Gasteiger partial charge in [-0.3, -0.25) is 4.79 Å². The lowest BCUT2D eigenvalue weighted by molar-refractivity contribution is 0.0847. The van der Waals surface area contributed by atoms with Crippen molar-refractivity contribution in [3.05, 3.63) is 41.0 Å². The lowest BCUT2D eigenvalue weighted by Crippen LogP contribution is -2.26. The summed E-state index contributed by atoms with van der Waals surface area (Å²) in [5, 5.41) is 0. The topological polar surface area (TPSA) is 20.3 Å². The van der Waals surface area contributed by atoms with Crippen LogP contribution in [0.5, 0.6) is 0 Å². The minimum absolute atomic E-state index is 0.208. The third-order valence-corrected chi connectivity index (χ3v) is 4.90. The Morgan fingerprint density at radius 2 is 1.90 bits per heavy atom. The van der Waals surface area contributed by atoms with Crippen LogP contribution in [-0.4, -0.2) is 29.4 Å². The fourth-order valence-electron chi connectivity index (χ4n) is 2.97. The second-order valence-corrected chi connectivity index (χ2v) is 6.49. The lowest BCUT2D eigenvalue weighted by atomic mass is 9.88. The van der Waals surface area contributed by atoms with Gasteiger partial charge in [0, 0.05) is 17.7 Å². The number of thioether (sulfide) groups is 1. The van der Waals surface area contributed by atoms with Gasteiger partial charge >= 0.3 is 0 Å². The van der Waals surface area contributed by atoms with E-state index in [1.165, 1.54) is 29.9 Å². The van der Waals surface area contributed by atoms with Crippen molar-refractivity contribution >= 4 is 23.4 Å². The van der Waals surface area contributed by atoms with E-state index < -0.39 is 0 Å². The molecule has 0 spiro atoms. The molecule has 2 aliphatic rings. The molecule has 1 amide bonds. The maximum atomic E-state index is 12.6. The van der Waals surface area contributed by atoms with Gasteiger partial charge in [-0.2, -0.15) is 11.8 Å². The molecule has 1 heterocycles. The van der Waals surface area contributed by atoms with E-state index in [2.05, 4.69) is 12.3 Å². The highest BCUT2D eigenvalue weighted by atomic mass is 32.2. The summed E-state index contributed by atoms with van der Waals surface area (Å²) in [5.41, 5.74) is 4.78. The minimum Gasteiger partial charge on any atom is -0.308 e. The van der Waals surface area contributed by atoms with Gasteiger partial charge in [0.2, 0.25) is 0 Å². The molecule has 0 saturated heterocycles. The first-order valence-electron chi connectivity index (χ1n) is 7.45. The van der Waals surface area contributed by atoms with Gasteiger partial charge in [-0.1, -0.05) is 18.2 Å².